The van der Waals surface area contributed by atoms with Crippen LogP contribution in [0.5, 0.6) is 5.75 Å². The molecule has 2 rings (SSSR count). The Hall–Kier alpha value is -1.79. The van der Waals surface area contributed by atoms with Gasteiger partial charge in [0.2, 0.25) is 0 Å². The van der Waals surface area contributed by atoms with Crippen molar-refractivity contribution in [1.82, 2.24) is 20.4 Å². The monoisotopic (exact) mass is 333 g/mol. The third-order valence-electron chi connectivity index (χ3n) is 4.43. The van der Waals surface area contributed by atoms with E-state index in [1.807, 2.05) is 18.2 Å². The van der Waals surface area contributed by atoms with Crippen molar-refractivity contribution in [1.29, 1.82) is 0 Å². The first kappa shape index (κ1) is 18.5. The van der Waals surface area contributed by atoms with Gasteiger partial charge in [-0.25, -0.2) is 4.99 Å². The lowest BCUT2D eigenvalue weighted by Gasteiger charge is -2.37. The zero-order valence-electron chi connectivity index (χ0n) is 15.4. The van der Waals surface area contributed by atoms with Crippen molar-refractivity contribution in [2.24, 2.45) is 4.99 Å². The Labute approximate surface area is 145 Å². The van der Waals surface area contributed by atoms with Crippen molar-refractivity contribution in [3.05, 3.63) is 29.8 Å². The molecule has 0 bridgehead atoms. The Morgan fingerprint density at radius 2 is 2.04 bits per heavy atom. The highest BCUT2D eigenvalue weighted by Crippen LogP contribution is 2.17. The summed E-state index contributed by atoms with van der Waals surface area (Å²) in [6.45, 7) is 7.74. The minimum Gasteiger partial charge on any atom is -0.496 e. The summed E-state index contributed by atoms with van der Waals surface area (Å²) in [6, 6.07) is 8.51. The third-order valence-corrected chi connectivity index (χ3v) is 4.43. The Morgan fingerprint density at radius 3 is 2.79 bits per heavy atom. The summed E-state index contributed by atoms with van der Waals surface area (Å²) in [6.07, 6.45) is 0. The molecule has 24 heavy (non-hydrogen) atoms. The lowest BCUT2D eigenvalue weighted by molar-refractivity contribution is 0.116. The highest BCUT2D eigenvalue weighted by molar-refractivity contribution is 5.79. The second kappa shape index (κ2) is 9.49. The van der Waals surface area contributed by atoms with Gasteiger partial charge in [0, 0.05) is 44.3 Å². The summed E-state index contributed by atoms with van der Waals surface area (Å²) in [5, 5.41) is 6.80. The quantitative estimate of drug-likeness (QED) is 0.601. The molecular weight excluding hydrogens is 302 g/mol. The van der Waals surface area contributed by atoms with Gasteiger partial charge in [0.05, 0.1) is 13.7 Å². The molecule has 1 aliphatic rings. The second-order valence-electron chi connectivity index (χ2n) is 6.28. The van der Waals surface area contributed by atoms with Gasteiger partial charge in [-0.3, -0.25) is 4.90 Å². The van der Waals surface area contributed by atoms with Crippen molar-refractivity contribution in [3.63, 3.8) is 0 Å². The van der Waals surface area contributed by atoms with Crippen molar-refractivity contribution < 1.29 is 4.74 Å². The molecule has 0 saturated carbocycles. The van der Waals surface area contributed by atoms with E-state index in [0.29, 0.717) is 12.6 Å². The summed E-state index contributed by atoms with van der Waals surface area (Å²) in [7, 11) is 6.07. The molecule has 0 spiro atoms. The maximum Gasteiger partial charge on any atom is 0.191 e. The zero-order valence-corrected chi connectivity index (χ0v) is 15.4. The van der Waals surface area contributed by atoms with E-state index in [-0.39, 0.29) is 0 Å². The molecule has 0 amide bonds. The largest absolute Gasteiger partial charge is 0.496 e. The van der Waals surface area contributed by atoms with Gasteiger partial charge in [0.25, 0.3) is 0 Å². The molecule has 134 valence electrons. The number of aliphatic imine (C=N–C) groups is 1. The number of ether oxygens (including phenoxy) is 1. The SMILES string of the molecule is CCNC(=NCc1ccccc1OC)NCC1CN(C)CCN1C. The van der Waals surface area contributed by atoms with Crippen LogP contribution in [-0.2, 0) is 6.54 Å². The van der Waals surface area contributed by atoms with Crippen LogP contribution in [0.3, 0.4) is 0 Å². The predicted octanol–water partition coefficient (Wildman–Crippen LogP) is 0.996. The van der Waals surface area contributed by atoms with E-state index in [2.05, 4.69) is 47.5 Å². The molecule has 1 aromatic rings. The third kappa shape index (κ3) is 5.39. The minimum absolute atomic E-state index is 0.499. The summed E-state index contributed by atoms with van der Waals surface area (Å²) >= 11 is 0. The molecule has 1 fully saturated rings. The van der Waals surface area contributed by atoms with Crippen LogP contribution in [0.25, 0.3) is 0 Å². The second-order valence-corrected chi connectivity index (χ2v) is 6.28. The Balaban J connectivity index is 1.95. The maximum absolute atomic E-state index is 5.40. The fraction of sp³-hybridized carbons (Fsp3) is 0.611. The average Bonchev–Trinajstić information content (AvgIpc) is 2.60. The molecule has 0 aliphatic carbocycles. The van der Waals surface area contributed by atoms with Crippen LogP contribution in [0.1, 0.15) is 12.5 Å². The number of piperazine rings is 1. The fourth-order valence-electron chi connectivity index (χ4n) is 2.88. The van der Waals surface area contributed by atoms with Gasteiger partial charge in [-0.1, -0.05) is 18.2 Å². The van der Waals surface area contributed by atoms with Crippen LogP contribution in [0.4, 0.5) is 0 Å². The van der Waals surface area contributed by atoms with Crippen LogP contribution in [0, 0.1) is 0 Å². The minimum atomic E-state index is 0.499. The van der Waals surface area contributed by atoms with Crippen LogP contribution in [-0.4, -0.2) is 75.7 Å². The van der Waals surface area contributed by atoms with Gasteiger partial charge in [0.15, 0.2) is 5.96 Å². The summed E-state index contributed by atoms with van der Waals surface area (Å²) in [5.41, 5.74) is 1.09. The van der Waals surface area contributed by atoms with Crippen molar-refractivity contribution in [2.45, 2.75) is 19.5 Å². The summed E-state index contributed by atoms with van der Waals surface area (Å²) in [5.74, 6) is 1.73. The summed E-state index contributed by atoms with van der Waals surface area (Å²) < 4.78 is 5.40. The van der Waals surface area contributed by atoms with E-state index >= 15 is 0 Å². The predicted molar refractivity (Wildman–Crippen MR) is 99.7 cm³/mol. The van der Waals surface area contributed by atoms with Gasteiger partial charge in [0.1, 0.15) is 5.75 Å². The molecule has 6 nitrogen and oxygen atoms in total. The van der Waals surface area contributed by atoms with E-state index in [9.17, 15) is 0 Å². The first-order valence-corrected chi connectivity index (χ1v) is 8.67. The maximum atomic E-state index is 5.40. The van der Waals surface area contributed by atoms with Crippen molar-refractivity contribution in [3.8, 4) is 5.75 Å². The van der Waals surface area contributed by atoms with Gasteiger partial charge in [-0.15, -0.1) is 0 Å². The lowest BCUT2D eigenvalue weighted by Crippen LogP contribution is -2.55. The number of para-hydroxylation sites is 1. The normalized spacial score (nSPS) is 20.0. The first-order chi connectivity index (χ1) is 11.6. The average molecular weight is 333 g/mol. The Kier molecular flexibility index (Phi) is 7.34. The van der Waals surface area contributed by atoms with E-state index in [0.717, 1.165) is 50.0 Å². The van der Waals surface area contributed by atoms with Crippen molar-refractivity contribution >= 4 is 5.96 Å². The van der Waals surface area contributed by atoms with E-state index < -0.39 is 0 Å². The zero-order chi connectivity index (χ0) is 17.4. The van der Waals surface area contributed by atoms with Crippen LogP contribution < -0.4 is 15.4 Å². The lowest BCUT2D eigenvalue weighted by atomic mass is 10.2. The van der Waals surface area contributed by atoms with Crippen LogP contribution in [0.2, 0.25) is 0 Å². The van der Waals surface area contributed by atoms with E-state index in [1.165, 1.54) is 0 Å². The molecular formula is C18H31N5O. The fourth-order valence-corrected chi connectivity index (χ4v) is 2.88. The number of hydrogen-bond donors (Lipinski definition) is 2. The molecule has 1 unspecified atom stereocenters. The summed E-state index contributed by atoms with van der Waals surface area (Å²) in [4.78, 5) is 9.50. The number of nitrogens with one attached hydrogen (secondary N) is 2. The molecule has 1 atom stereocenters. The van der Waals surface area contributed by atoms with Gasteiger partial charge in [-0.05, 0) is 27.1 Å². The molecule has 1 aliphatic heterocycles. The number of likely N-dealkylation sites (N-methyl/N-ethyl adjacent to an activating group) is 2. The molecule has 0 aromatic heterocycles. The van der Waals surface area contributed by atoms with E-state index in [1.54, 1.807) is 7.11 Å². The smallest absolute Gasteiger partial charge is 0.191 e. The molecule has 2 N–H and O–H groups in total. The highest BCUT2D eigenvalue weighted by Gasteiger charge is 2.22. The van der Waals surface area contributed by atoms with Crippen LogP contribution >= 0.6 is 0 Å². The standard InChI is InChI=1S/C18H31N5O/c1-5-19-18(20-12-15-8-6-7-9-17(15)24-4)21-13-16-14-22(2)10-11-23(16)3/h6-9,16H,5,10-14H2,1-4H3,(H2,19,20,21). The number of nitrogens with zero attached hydrogens (tertiary/aromatic N) is 3. The van der Waals surface area contributed by atoms with Crippen LogP contribution in [0.15, 0.2) is 29.3 Å². The number of benzene rings is 1. The number of guanidine groups is 1. The van der Waals surface area contributed by atoms with Crippen molar-refractivity contribution in [2.75, 3.05) is 53.9 Å². The molecule has 6 heteroatoms. The number of rotatable bonds is 6. The van der Waals surface area contributed by atoms with Gasteiger partial charge >= 0.3 is 0 Å². The van der Waals surface area contributed by atoms with E-state index in [4.69, 9.17) is 9.73 Å². The van der Waals surface area contributed by atoms with Gasteiger partial charge in [-0.2, -0.15) is 0 Å². The topological polar surface area (TPSA) is 52.1 Å². The molecule has 1 saturated heterocycles. The Bertz CT molecular complexity index is 534. The number of methoxy groups -OCH3 is 1. The molecule has 1 heterocycles. The number of hydrogen-bond acceptors (Lipinski definition) is 4. The first-order valence-electron chi connectivity index (χ1n) is 8.67. The highest BCUT2D eigenvalue weighted by atomic mass is 16.5. The van der Waals surface area contributed by atoms with Gasteiger partial charge < -0.3 is 20.3 Å². The Morgan fingerprint density at radius 1 is 1.25 bits per heavy atom. The molecule has 1 aromatic carbocycles. The molecule has 0 radical (unpaired) electrons.